The van der Waals surface area contributed by atoms with Gasteiger partial charge in [-0.15, -0.1) is 0 Å². The van der Waals surface area contributed by atoms with Crippen molar-refractivity contribution in [3.05, 3.63) is 59.0 Å². The van der Waals surface area contributed by atoms with Crippen LogP contribution in [0.15, 0.2) is 40.8 Å². The van der Waals surface area contributed by atoms with Crippen LogP contribution in [0.2, 0.25) is 0 Å². The Morgan fingerprint density at radius 2 is 1.79 bits per heavy atom. The summed E-state index contributed by atoms with van der Waals surface area (Å²) in [4.78, 5) is 14.8. The topological polar surface area (TPSA) is 45.5 Å². The minimum Gasteiger partial charge on any atom is -0.464 e. The van der Waals surface area contributed by atoms with Crippen LogP contribution in [0.25, 0.3) is 0 Å². The van der Waals surface area contributed by atoms with E-state index in [-0.39, 0.29) is 11.9 Å². The molecule has 0 saturated heterocycles. The number of rotatable bonds is 7. The van der Waals surface area contributed by atoms with Gasteiger partial charge in [0.25, 0.3) is 5.91 Å². The van der Waals surface area contributed by atoms with Gasteiger partial charge in [0.05, 0.1) is 6.04 Å². The normalized spacial score (nSPS) is 12.6. The van der Waals surface area contributed by atoms with E-state index in [1.165, 1.54) is 5.56 Å². The second-order valence-corrected chi connectivity index (χ2v) is 6.50. The standard InChI is InChI=1S/C20H28N2O2/c1-6-22(14(2)3)13-17-8-10-18(11-9-17)20(23)21-16(5)19-12-7-15(4)24-19/h7-12,14,16H,6,13H2,1-5H3,(H,21,23). The van der Waals surface area contributed by atoms with Crippen LogP contribution < -0.4 is 5.32 Å². The van der Waals surface area contributed by atoms with Crippen LogP contribution >= 0.6 is 0 Å². The number of benzene rings is 1. The van der Waals surface area contributed by atoms with Gasteiger partial charge in [-0.05, 0) is 64.1 Å². The molecule has 1 heterocycles. The molecule has 4 heteroatoms. The summed E-state index contributed by atoms with van der Waals surface area (Å²) >= 11 is 0. The first-order chi connectivity index (χ1) is 11.4. The number of hydrogen-bond acceptors (Lipinski definition) is 3. The molecule has 0 spiro atoms. The van der Waals surface area contributed by atoms with Gasteiger partial charge in [0.15, 0.2) is 0 Å². The Bertz CT molecular complexity index is 659. The van der Waals surface area contributed by atoms with E-state index in [0.29, 0.717) is 11.6 Å². The van der Waals surface area contributed by atoms with Crippen LogP contribution in [-0.2, 0) is 6.54 Å². The Morgan fingerprint density at radius 1 is 1.12 bits per heavy atom. The van der Waals surface area contributed by atoms with Gasteiger partial charge in [0.1, 0.15) is 11.5 Å². The summed E-state index contributed by atoms with van der Waals surface area (Å²) in [6, 6.07) is 12.0. The third-order valence-corrected chi connectivity index (χ3v) is 4.27. The van der Waals surface area contributed by atoms with Crippen molar-refractivity contribution in [2.45, 2.75) is 53.2 Å². The number of nitrogens with zero attached hydrogens (tertiary/aromatic N) is 1. The van der Waals surface area contributed by atoms with E-state index in [1.807, 2.05) is 50.2 Å². The van der Waals surface area contributed by atoms with Gasteiger partial charge >= 0.3 is 0 Å². The maximum Gasteiger partial charge on any atom is 0.251 e. The zero-order valence-corrected chi connectivity index (χ0v) is 15.3. The molecule has 2 rings (SSSR count). The number of carbonyl (C=O) groups excluding carboxylic acids is 1. The summed E-state index contributed by atoms with van der Waals surface area (Å²) < 4.78 is 5.56. The first-order valence-corrected chi connectivity index (χ1v) is 8.61. The highest BCUT2D eigenvalue weighted by molar-refractivity contribution is 5.94. The summed E-state index contributed by atoms with van der Waals surface area (Å²) in [6.07, 6.45) is 0. The summed E-state index contributed by atoms with van der Waals surface area (Å²) in [5.41, 5.74) is 1.89. The maximum absolute atomic E-state index is 12.4. The van der Waals surface area contributed by atoms with E-state index in [0.717, 1.165) is 24.6 Å². The SMILES string of the molecule is CCN(Cc1ccc(C(=O)NC(C)c2ccc(C)o2)cc1)C(C)C. The molecule has 0 radical (unpaired) electrons. The van der Waals surface area contributed by atoms with Crippen LogP contribution in [0.4, 0.5) is 0 Å². The molecule has 1 unspecified atom stereocenters. The second kappa shape index (κ2) is 8.15. The van der Waals surface area contributed by atoms with E-state index >= 15 is 0 Å². The predicted octanol–water partition coefficient (Wildman–Crippen LogP) is 4.31. The summed E-state index contributed by atoms with van der Waals surface area (Å²) in [6.45, 7) is 12.3. The fourth-order valence-electron chi connectivity index (χ4n) is 2.69. The highest BCUT2D eigenvalue weighted by atomic mass is 16.3. The molecule has 0 bridgehead atoms. The number of amides is 1. The first-order valence-electron chi connectivity index (χ1n) is 8.61. The zero-order chi connectivity index (χ0) is 17.7. The van der Waals surface area contributed by atoms with Gasteiger partial charge in [-0.3, -0.25) is 9.69 Å². The molecule has 0 aliphatic heterocycles. The van der Waals surface area contributed by atoms with Gasteiger partial charge in [-0.25, -0.2) is 0 Å². The molecule has 1 atom stereocenters. The number of hydrogen-bond donors (Lipinski definition) is 1. The van der Waals surface area contributed by atoms with Crippen molar-refractivity contribution in [3.63, 3.8) is 0 Å². The lowest BCUT2D eigenvalue weighted by Gasteiger charge is -2.24. The van der Waals surface area contributed by atoms with Crippen LogP contribution in [0.5, 0.6) is 0 Å². The van der Waals surface area contributed by atoms with Gasteiger partial charge < -0.3 is 9.73 Å². The third-order valence-electron chi connectivity index (χ3n) is 4.27. The Morgan fingerprint density at radius 3 is 2.29 bits per heavy atom. The van der Waals surface area contributed by atoms with Crippen molar-refractivity contribution in [2.75, 3.05) is 6.54 Å². The number of carbonyl (C=O) groups is 1. The van der Waals surface area contributed by atoms with E-state index in [9.17, 15) is 4.79 Å². The van der Waals surface area contributed by atoms with Crippen molar-refractivity contribution in [1.29, 1.82) is 0 Å². The molecule has 0 saturated carbocycles. The highest BCUT2D eigenvalue weighted by Gasteiger charge is 2.14. The van der Waals surface area contributed by atoms with Crippen molar-refractivity contribution in [3.8, 4) is 0 Å². The quantitative estimate of drug-likeness (QED) is 0.824. The van der Waals surface area contributed by atoms with Crippen LogP contribution in [0.1, 0.15) is 61.2 Å². The Labute approximate surface area is 144 Å². The van der Waals surface area contributed by atoms with Gasteiger partial charge in [-0.2, -0.15) is 0 Å². The number of furan rings is 1. The largest absolute Gasteiger partial charge is 0.464 e. The highest BCUT2D eigenvalue weighted by Crippen LogP contribution is 2.16. The van der Waals surface area contributed by atoms with Crippen molar-refractivity contribution < 1.29 is 9.21 Å². The van der Waals surface area contributed by atoms with Crippen LogP contribution in [-0.4, -0.2) is 23.4 Å². The predicted molar refractivity (Wildman–Crippen MR) is 97.0 cm³/mol. The monoisotopic (exact) mass is 328 g/mol. The lowest BCUT2D eigenvalue weighted by Crippen LogP contribution is -2.30. The molecular formula is C20H28N2O2. The van der Waals surface area contributed by atoms with Crippen molar-refractivity contribution in [1.82, 2.24) is 10.2 Å². The molecule has 0 fully saturated rings. The molecule has 4 nitrogen and oxygen atoms in total. The Hall–Kier alpha value is -2.07. The van der Waals surface area contributed by atoms with E-state index in [2.05, 4.69) is 31.0 Å². The Kier molecular flexibility index (Phi) is 6.21. The van der Waals surface area contributed by atoms with Gasteiger partial charge in [0, 0.05) is 18.2 Å². The fraction of sp³-hybridized carbons (Fsp3) is 0.450. The molecule has 130 valence electrons. The van der Waals surface area contributed by atoms with E-state index < -0.39 is 0 Å². The first kappa shape index (κ1) is 18.3. The summed E-state index contributed by atoms with van der Waals surface area (Å²) in [7, 11) is 0. The number of nitrogens with one attached hydrogen (secondary N) is 1. The van der Waals surface area contributed by atoms with Gasteiger partial charge in [-0.1, -0.05) is 19.1 Å². The molecule has 1 amide bonds. The molecule has 2 aromatic rings. The van der Waals surface area contributed by atoms with E-state index in [4.69, 9.17) is 4.42 Å². The minimum absolute atomic E-state index is 0.0840. The third kappa shape index (κ3) is 4.71. The average Bonchev–Trinajstić information content (AvgIpc) is 2.99. The molecule has 1 aromatic heterocycles. The molecule has 1 N–H and O–H groups in total. The van der Waals surface area contributed by atoms with Crippen molar-refractivity contribution >= 4 is 5.91 Å². The Balaban J connectivity index is 1.98. The maximum atomic E-state index is 12.4. The fourth-order valence-corrected chi connectivity index (χ4v) is 2.69. The van der Waals surface area contributed by atoms with Gasteiger partial charge in [0.2, 0.25) is 0 Å². The number of aryl methyl sites for hydroxylation is 1. The summed E-state index contributed by atoms with van der Waals surface area (Å²) in [5, 5.41) is 2.97. The smallest absolute Gasteiger partial charge is 0.251 e. The van der Waals surface area contributed by atoms with Crippen molar-refractivity contribution in [2.24, 2.45) is 0 Å². The summed E-state index contributed by atoms with van der Waals surface area (Å²) in [5.74, 6) is 1.54. The molecule has 24 heavy (non-hydrogen) atoms. The molecule has 0 aliphatic carbocycles. The van der Waals surface area contributed by atoms with Crippen LogP contribution in [0, 0.1) is 6.92 Å². The zero-order valence-electron chi connectivity index (χ0n) is 15.3. The lowest BCUT2D eigenvalue weighted by atomic mass is 10.1. The minimum atomic E-state index is -0.151. The molecule has 1 aromatic carbocycles. The van der Waals surface area contributed by atoms with E-state index in [1.54, 1.807) is 0 Å². The lowest BCUT2D eigenvalue weighted by molar-refractivity contribution is 0.0935. The average molecular weight is 328 g/mol. The molecular weight excluding hydrogens is 300 g/mol. The van der Waals surface area contributed by atoms with Crippen LogP contribution in [0.3, 0.4) is 0 Å². The molecule has 0 aliphatic rings. The second-order valence-electron chi connectivity index (χ2n) is 6.50.